The second-order valence-electron chi connectivity index (χ2n) is 7.24. The van der Waals surface area contributed by atoms with Gasteiger partial charge in [0.15, 0.2) is 11.6 Å². The normalized spacial score (nSPS) is 18.6. The van der Waals surface area contributed by atoms with Crippen LogP contribution in [0.4, 0.5) is 19.0 Å². The van der Waals surface area contributed by atoms with E-state index in [-0.39, 0.29) is 40.7 Å². The summed E-state index contributed by atoms with van der Waals surface area (Å²) in [6.45, 7) is 1.43. The molecule has 0 unspecified atom stereocenters. The highest BCUT2D eigenvalue weighted by Gasteiger charge is 2.28. The van der Waals surface area contributed by atoms with E-state index in [4.69, 9.17) is 4.74 Å². The molecule has 0 radical (unpaired) electrons. The Morgan fingerprint density at radius 1 is 1.13 bits per heavy atom. The van der Waals surface area contributed by atoms with Gasteiger partial charge in [-0.15, -0.1) is 0 Å². The Bertz CT molecular complexity index is 968. The SMILES string of the molecule is COc1c(-c2cc(NC(=O)[C@H]3CCC[C@@H](NC(C)=O)C3)ncc2F)ccc(F)c1F. The zero-order chi connectivity index (χ0) is 21.8. The molecule has 1 aliphatic rings. The van der Waals surface area contributed by atoms with Gasteiger partial charge < -0.3 is 15.4 Å². The third-order valence-corrected chi connectivity index (χ3v) is 5.10. The lowest BCUT2D eigenvalue weighted by atomic mass is 9.85. The number of nitrogens with one attached hydrogen (secondary N) is 2. The Morgan fingerprint density at radius 2 is 1.90 bits per heavy atom. The number of benzene rings is 1. The number of hydrogen-bond donors (Lipinski definition) is 2. The highest BCUT2D eigenvalue weighted by Crippen LogP contribution is 2.36. The predicted molar refractivity (Wildman–Crippen MR) is 104 cm³/mol. The highest BCUT2D eigenvalue weighted by atomic mass is 19.2. The summed E-state index contributed by atoms with van der Waals surface area (Å²) in [5, 5.41) is 5.48. The van der Waals surface area contributed by atoms with Crippen molar-refractivity contribution in [1.82, 2.24) is 10.3 Å². The lowest BCUT2D eigenvalue weighted by molar-refractivity contribution is -0.123. The lowest BCUT2D eigenvalue weighted by Gasteiger charge is -2.28. The number of carbonyl (C=O) groups excluding carboxylic acids is 2. The number of ether oxygens (including phenoxy) is 1. The van der Waals surface area contributed by atoms with E-state index in [1.54, 1.807) is 0 Å². The molecule has 0 saturated heterocycles. The van der Waals surface area contributed by atoms with Crippen molar-refractivity contribution in [3.8, 4) is 16.9 Å². The van der Waals surface area contributed by atoms with Gasteiger partial charge in [0.1, 0.15) is 11.6 Å². The third kappa shape index (κ3) is 4.72. The van der Waals surface area contributed by atoms with Crippen LogP contribution in [0.25, 0.3) is 11.1 Å². The Morgan fingerprint density at radius 3 is 2.60 bits per heavy atom. The molecule has 9 heteroatoms. The van der Waals surface area contributed by atoms with Crippen LogP contribution in [0.3, 0.4) is 0 Å². The fourth-order valence-electron chi connectivity index (χ4n) is 3.73. The maximum Gasteiger partial charge on any atom is 0.228 e. The maximum atomic E-state index is 14.4. The average molecular weight is 421 g/mol. The molecular formula is C21H22F3N3O3. The summed E-state index contributed by atoms with van der Waals surface area (Å²) < 4.78 is 46.8. The number of nitrogens with zero attached hydrogens (tertiary/aromatic N) is 1. The topological polar surface area (TPSA) is 80.3 Å². The quantitative estimate of drug-likeness (QED) is 0.770. The number of carbonyl (C=O) groups is 2. The number of halogens is 3. The summed E-state index contributed by atoms with van der Waals surface area (Å²) in [5.74, 6) is -4.27. The first-order valence-electron chi connectivity index (χ1n) is 9.56. The molecule has 1 aromatic heterocycles. The van der Waals surface area contributed by atoms with Crippen molar-refractivity contribution in [3.05, 3.63) is 41.8 Å². The fraction of sp³-hybridized carbons (Fsp3) is 0.381. The van der Waals surface area contributed by atoms with Crippen molar-refractivity contribution in [2.24, 2.45) is 5.92 Å². The van der Waals surface area contributed by atoms with Crippen molar-refractivity contribution in [2.45, 2.75) is 38.6 Å². The number of amides is 2. The first-order chi connectivity index (χ1) is 14.3. The van der Waals surface area contributed by atoms with Gasteiger partial charge in [-0.3, -0.25) is 9.59 Å². The van der Waals surface area contributed by atoms with Crippen molar-refractivity contribution < 1.29 is 27.5 Å². The van der Waals surface area contributed by atoms with E-state index in [1.165, 1.54) is 19.1 Å². The predicted octanol–water partition coefficient (Wildman–Crippen LogP) is 3.81. The lowest BCUT2D eigenvalue weighted by Crippen LogP contribution is -2.40. The number of anilines is 1. The van der Waals surface area contributed by atoms with Crippen LogP contribution in [0.5, 0.6) is 5.75 Å². The van der Waals surface area contributed by atoms with E-state index in [9.17, 15) is 22.8 Å². The molecule has 0 bridgehead atoms. The summed E-state index contributed by atoms with van der Waals surface area (Å²) >= 11 is 0. The number of methoxy groups -OCH3 is 1. The molecule has 2 atom stereocenters. The molecule has 160 valence electrons. The zero-order valence-electron chi connectivity index (χ0n) is 16.6. The van der Waals surface area contributed by atoms with Crippen LogP contribution in [-0.2, 0) is 9.59 Å². The summed E-state index contributed by atoms with van der Waals surface area (Å²) in [6, 6.07) is 3.24. The second kappa shape index (κ2) is 9.15. The minimum Gasteiger partial charge on any atom is -0.493 e. The Balaban J connectivity index is 1.82. The number of pyridine rings is 1. The number of hydrogen-bond acceptors (Lipinski definition) is 4. The smallest absolute Gasteiger partial charge is 0.228 e. The summed E-state index contributed by atoms with van der Waals surface area (Å²) in [4.78, 5) is 27.8. The monoisotopic (exact) mass is 421 g/mol. The third-order valence-electron chi connectivity index (χ3n) is 5.10. The van der Waals surface area contributed by atoms with Gasteiger partial charge in [-0.05, 0) is 37.5 Å². The van der Waals surface area contributed by atoms with E-state index in [2.05, 4.69) is 15.6 Å². The van der Waals surface area contributed by atoms with Gasteiger partial charge in [0.05, 0.1) is 13.3 Å². The van der Waals surface area contributed by atoms with Gasteiger partial charge in [-0.25, -0.2) is 13.8 Å². The largest absolute Gasteiger partial charge is 0.493 e. The molecule has 0 spiro atoms. The van der Waals surface area contributed by atoms with Gasteiger partial charge in [-0.2, -0.15) is 4.39 Å². The van der Waals surface area contributed by atoms with Crippen LogP contribution in [0, 0.1) is 23.4 Å². The van der Waals surface area contributed by atoms with E-state index < -0.39 is 23.2 Å². The molecule has 1 fully saturated rings. The first kappa shape index (κ1) is 21.6. The first-order valence-corrected chi connectivity index (χ1v) is 9.56. The van der Waals surface area contributed by atoms with Crippen molar-refractivity contribution >= 4 is 17.6 Å². The van der Waals surface area contributed by atoms with Gasteiger partial charge in [-0.1, -0.05) is 6.42 Å². The number of aromatic nitrogens is 1. The van der Waals surface area contributed by atoms with Gasteiger partial charge >= 0.3 is 0 Å². The van der Waals surface area contributed by atoms with E-state index in [0.29, 0.717) is 12.8 Å². The molecule has 1 aromatic carbocycles. The van der Waals surface area contributed by atoms with Crippen LogP contribution >= 0.6 is 0 Å². The molecule has 1 saturated carbocycles. The molecule has 2 N–H and O–H groups in total. The van der Waals surface area contributed by atoms with Gasteiger partial charge in [0.2, 0.25) is 17.6 Å². The maximum absolute atomic E-state index is 14.4. The molecule has 1 aliphatic carbocycles. The molecule has 0 aliphatic heterocycles. The van der Waals surface area contributed by atoms with Crippen molar-refractivity contribution in [3.63, 3.8) is 0 Å². The molecular weight excluding hydrogens is 399 g/mol. The fourth-order valence-corrected chi connectivity index (χ4v) is 3.73. The van der Waals surface area contributed by atoms with Crippen molar-refractivity contribution in [1.29, 1.82) is 0 Å². The van der Waals surface area contributed by atoms with Gasteiger partial charge in [0, 0.05) is 30.0 Å². The van der Waals surface area contributed by atoms with Crippen LogP contribution in [0.1, 0.15) is 32.6 Å². The molecule has 1 heterocycles. The minimum atomic E-state index is -1.23. The Labute approximate surface area is 171 Å². The van der Waals surface area contributed by atoms with Crippen molar-refractivity contribution in [2.75, 3.05) is 12.4 Å². The minimum absolute atomic E-state index is 0.00446. The average Bonchev–Trinajstić information content (AvgIpc) is 2.71. The van der Waals surface area contributed by atoms with E-state index in [1.807, 2.05) is 0 Å². The summed E-state index contributed by atoms with van der Waals surface area (Å²) in [5.41, 5.74) is -0.0917. The molecule has 30 heavy (non-hydrogen) atoms. The summed E-state index contributed by atoms with van der Waals surface area (Å²) in [6.07, 6.45) is 3.64. The zero-order valence-corrected chi connectivity index (χ0v) is 16.6. The molecule has 6 nitrogen and oxygen atoms in total. The Hall–Kier alpha value is -3.10. The van der Waals surface area contributed by atoms with Crippen LogP contribution < -0.4 is 15.4 Å². The van der Waals surface area contributed by atoms with E-state index >= 15 is 0 Å². The van der Waals surface area contributed by atoms with E-state index in [0.717, 1.165) is 32.2 Å². The van der Waals surface area contributed by atoms with Crippen LogP contribution in [-0.4, -0.2) is 29.9 Å². The second-order valence-corrected chi connectivity index (χ2v) is 7.24. The molecule has 2 amide bonds. The molecule has 2 aromatic rings. The van der Waals surface area contributed by atoms with Gasteiger partial charge in [0.25, 0.3) is 0 Å². The number of rotatable bonds is 5. The molecule has 3 rings (SSSR count). The van der Waals surface area contributed by atoms with Crippen LogP contribution in [0.2, 0.25) is 0 Å². The highest BCUT2D eigenvalue weighted by molar-refractivity contribution is 5.92. The summed E-state index contributed by atoms with van der Waals surface area (Å²) in [7, 11) is 1.15. The Kier molecular flexibility index (Phi) is 6.59. The van der Waals surface area contributed by atoms with Crippen LogP contribution in [0.15, 0.2) is 24.4 Å². The standard InChI is InChI=1S/C21H22F3N3O3/c1-11(28)26-13-5-3-4-12(8-13)21(29)27-18-9-15(17(23)10-25-18)14-6-7-16(22)19(24)20(14)30-2/h6-7,9-10,12-13H,3-5,8H2,1-2H3,(H,26,28)(H,25,27,29)/t12-,13+/m0/s1.